The molecular weight excluding hydrogens is 335 g/mol. The zero-order valence-corrected chi connectivity index (χ0v) is 15.6. The molecule has 0 aromatic carbocycles. The van der Waals surface area contributed by atoms with Crippen LogP contribution in [0.25, 0.3) is 0 Å². The number of nitrogens with zero attached hydrogens (tertiary/aromatic N) is 2. The molecular formula is C12H25Cl2N4OTi. The second-order valence-electron chi connectivity index (χ2n) is 5.07. The number of hydrogen-bond donors (Lipinski definition) is 2. The average Bonchev–Trinajstić information content (AvgIpc) is 2.32. The molecule has 1 aliphatic heterocycles. The molecule has 1 atom stereocenters. The van der Waals surface area contributed by atoms with E-state index in [0.717, 1.165) is 39.3 Å². The van der Waals surface area contributed by atoms with Crippen LogP contribution in [0.2, 0.25) is 0 Å². The molecule has 8 heteroatoms. The first-order valence-electron chi connectivity index (χ1n) is 6.54. The second kappa shape index (κ2) is 11.4. The van der Waals surface area contributed by atoms with Crippen LogP contribution in [-0.2, 0) is 25.2 Å². The first-order chi connectivity index (χ1) is 8.47. The Morgan fingerprint density at radius 2 is 1.65 bits per heavy atom. The van der Waals surface area contributed by atoms with E-state index in [-0.39, 0.29) is 30.6 Å². The molecule has 2 N–H and O–H groups in total. The van der Waals surface area contributed by atoms with Crippen LogP contribution in [0.4, 0.5) is 0 Å². The molecule has 20 heavy (non-hydrogen) atoms. The molecule has 1 aliphatic rings. The zero-order valence-electron chi connectivity index (χ0n) is 12.5. The van der Waals surface area contributed by atoms with Crippen LogP contribution in [0.15, 0.2) is 0 Å². The van der Waals surface area contributed by atoms with Crippen molar-refractivity contribution < 1.29 is 50.0 Å². The van der Waals surface area contributed by atoms with Crippen LogP contribution in [-0.4, -0.2) is 79.3 Å². The first kappa shape index (κ1) is 23.1. The molecule has 1 rings (SSSR count). The molecule has 0 bridgehead atoms. The van der Waals surface area contributed by atoms with Gasteiger partial charge < -0.3 is 24.8 Å². The fraction of sp³-hybridized carbons (Fsp3) is 0.917. The molecule has 0 aliphatic carbocycles. The summed E-state index contributed by atoms with van der Waals surface area (Å²) >= 11 is 2.03. The first-order valence-corrected chi connectivity index (χ1v) is 7.32. The van der Waals surface area contributed by atoms with Crippen molar-refractivity contribution in [2.24, 2.45) is 0 Å². The molecule has 1 saturated heterocycles. The van der Waals surface area contributed by atoms with E-state index in [9.17, 15) is 4.79 Å². The molecule has 0 radical (unpaired) electrons. The molecule has 117 valence electrons. The molecule has 1 heterocycles. The monoisotopic (exact) mass is 359 g/mol. The van der Waals surface area contributed by atoms with Crippen molar-refractivity contribution in [2.45, 2.75) is 10.8 Å². The Morgan fingerprint density at radius 1 is 1.05 bits per heavy atom. The van der Waals surface area contributed by atoms with Crippen LogP contribution >= 0.6 is 0 Å². The zero-order chi connectivity index (χ0) is 13.6. The maximum Gasteiger partial charge on any atom is -1.00 e. The Bertz CT molecular complexity index is 286. The standard InChI is InChI=1S/C12H25N4O.2ClH.Ti/c1-11(17)12-10-14-5-4-13-6-7-15(2)8-9-16(12)3;;;/h13-14H,4-10H2,1-3H3;2*1H;/q;;;+2/p-2. The molecule has 0 spiro atoms. The van der Waals surface area contributed by atoms with E-state index in [4.69, 9.17) is 0 Å². The molecule has 5 nitrogen and oxygen atoms in total. The fourth-order valence-corrected chi connectivity index (χ4v) is 2.36. The number of ketones is 1. The maximum absolute atomic E-state index is 11.9. The minimum atomic E-state index is -0.403. The third-order valence-electron chi connectivity index (χ3n) is 3.58. The number of hydrogen-bond acceptors (Lipinski definition) is 5. The Balaban J connectivity index is 0. The smallest absolute Gasteiger partial charge is 1.00 e. The van der Waals surface area contributed by atoms with E-state index in [1.54, 1.807) is 6.92 Å². The predicted molar refractivity (Wildman–Crippen MR) is 69.3 cm³/mol. The van der Waals surface area contributed by atoms with Crippen molar-refractivity contribution in [3.05, 3.63) is 0 Å². The Morgan fingerprint density at radius 3 is 2.25 bits per heavy atom. The Hall–Kier alpha value is 0.804. The summed E-state index contributed by atoms with van der Waals surface area (Å²) in [6, 6.07) is 0. The average molecular weight is 360 g/mol. The van der Waals surface area contributed by atoms with Gasteiger partial charge in [0.1, 0.15) is 0 Å². The summed E-state index contributed by atoms with van der Waals surface area (Å²) in [5, 5.41) is 6.78. The van der Waals surface area contributed by atoms with Gasteiger partial charge in [-0.15, -0.1) is 0 Å². The molecule has 1 fully saturated rings. The van der Waals surface area contributed by atoms with E-state index in [1.807, 2.05) is 27.5 Å². The fourth-order valence-electron chi connectivity index (χ4n) is 1.99. The predicted octanol–water partition coefficient (Wildman–Crippen LogP) is -7.12. The topological polar surface area (TPSA) is 47.6 Å². The summed E-state index contributed by atoms with van der Waals surface area (Å²) in [5.74, 6) is 0.227. The number of rotatable bonds is 1. The Kier molecular flexibility index (Phi) is 13.1. The molecule has 1 unspecified atom stereocenters. The number of carbonyl (C=O) groups excluding carboxylic acids is 1. The van der Waals surface area contributed by atoms with Gasteiger partial charge in [0.2, 0.25) is 0 Å². The van der Waals surface area contributed by atoms with E-state index in [1.165, 1.54) is 0 Å². The summed E-state index contributed by atoms with van der Waals surface area (Å²) < 4.78 is -0.403. The summed E-state index contributed by atoms with van der Waals surface area (Å²) in [6.07, 6.45) is 0. The quantitative estimate of drug-likeness (QED) is 0.456. The van der Waals surface area contributed by atoms with E-state index in [2.05, 4.69) is 27.5 Å². The molecule has 0 saturated carbocycles. The van der Waals surface area contributed by atoms with Gasteiger partial charge in [0.05, 0.1) is 0 Å². The van der Waals surface area contributed by atoms with E-state index >= 15 is 0 Å². The van der Waals surface area contributed by atoms with Crippen molar-refractivity contribution in [3.8, 4) is 0 Å². The largest absolute Gasteiger partial charge is 1.00 e. The van der Waals surface area contributed by atoms with Crippen molar-refractivity contribution >= 4 is 5.78 Å². The van der Waals surface area contributed by atoms with Crippen LogP contribution in [0.1, 0.15) is 6.92 Å². The van der Waals surface area contributed by atoms with Gasteiger partial charge >= 0.3 is 122 Å². The number of nitrogens with one attached hydrogen (secondary N) is 2. The number of carbonyl (C=O) groups is 1. The third-order valence-corrected chi connectivity index (χ3v) is 5.00. The maximum atomic E-state index is 11.9. The summed E-state index contributed by atoms with van der Waals surface area (Å²) in [5.41, 5.74) is 0. The second-order valence-corrected chi connectivity index (χ2v) is 6.36. The minimum absolute atomic E-state index is 0. The van der Waals surface area contributed by atoms with Gasteiger partial charge in [0.15, 0.2) is 0 Å². The number of likely N-dealkylation sites (N-methyl/N-ethyl adjacent to an activating group) is 2. The summed E-state index contributed by atoms with van der Waals surface area (Å²) in [7, 11) is 4.17. The van der Waals surface area contributed by atoms with Crippen LogP contribution < -0.4 is 35.4 Å². The van der Waals surface area contributed by atoms with Gasteiger partial charge in [0.25, 0.3) is 0 Å². The van der Waals surface area contributed by atoms with Crippen molar-refractivity contribution in [2.75, 3.05) is 59.9 Å². The van der Waals surface area contributed by atoms with Gasteiger partial charge in [-0.25, -0.2) is 0 Å². The molecule has 0 amide bonds. The number of Topliss-reactive ketones (excluding diaryl/α,β-unsaturated/α-hetero) is 1. The molecule has 0 aromatic heterocycles. The minimum Gasteiger partial charge on any atom is -1.00 e. The Labute approximate surface area is 146 Å². The van der Waals surface area contributed by atoms with Gasteiger partial charge in [-0.3, -0.25) is 0 Å². The normalized spacial score (nSPS) is 27.4. The van der Waals surface area contributed by atoms with Crippen LogP contribution in [0, 0.1) is 0 Å². The summed E-state index contributed by atoms with van der Waals surface area (Å²) in [6.45, 7) is 8.22. The van der Waals surface area contributed by atoms with Gasteiger partial charge in [-0.2, -0.15) is 0 Å². The van der Waals surface area contributed by atoms with Crippen molar-refractivity contribution in [1.82, 2.24) is 20.4 Å². The van der Waals surface area contributed by atoms with Crippen LogP contribution in [0.5, 0.6) is 0 Å². The van der Waals surface area contributed by atoms with Crippen molar-refractivity contribution in [1.29, 1.82) is 0 Å². The van der Waals surface area contributed by atoms with Gasteiger partial charge in [-0.05, 0) is 0 Å². The SMILES string of the molecule is CC(=O)[C]1([Ti+2])CNCCNCCN(C)CCN1C.[Cl-].[Cl-]. The van der Waals surface area contributed by atoms with Crippen LogP contribution in [0.3, 0.4) is 0 Å². The summed E-state index contributed by atoms with van der Waals surface area (Å²) in [4.78, 5) is 16.4. The van der Waals surface area contributed by atoms with E-state index in [0.29, 0.717) is 6.54 Å². The third kappa shape index (κ3) is 7.18. The number of halogens is 2. The van der Waals surface area contributed by atoms with Gasteiger partial charge in [-0.1, -0.05) is 0 Å². The van der Waals surface area contributed by atoms with Gasteiger partial charge in [0, 0.05) is 0 Å². The van der Waals surface area contributed by atoms with Crippen molar-refractivity contribution in [3.63, 3.8) is 0 Å². The molecule has 0 aromatic rings. The van der Waals surface area contributed by atoms with E-state index < -0.39 is 3.84 Å².